The molecule has 0 saturated carbocycles. The molecule has 0 spiro atoms. The fourth-order valence-corrected chi connectivity index (χ4v) is 1.53. The standard InChI is InChI=1S/C11H11NO/c13-12-8-10-6-3-5-9-4-1-2-7-11(9)10/h1-7,12-13H,8H2. The molecule has 0 aromatic heterocycles. The van der Waals surface area contributed by atoms with Crippen LogP contribution < -0.4 is 5.48 Å². The van der Waals surface area contributed by atoms with Crippen molar-refractivity contribution in [2.24, 2.45) is 0 Å². The average molecular weight is 173 g/mol. The summed E-state index contributed by atoms with van der Waals surface area (Å²) in [6.07, 6.45) is 0. The van der Waals surface area contributed by atoms with E-state index in [2.05, 4.69) is 23.7 Å². The molecule has 66 valence electrons. The highest BCUT2D eigenvalue weighted by Crippen LogP contribution is 2.17. The van der Waals surface area contributed by atoms with Gasteiger partial charge in [-0.25, -0.2) is 5.48 Å². The van der Waals surface area contributed by atoms with Gasteiger partial charge in [-0.2, -0.15) is 0 Å². The van der Waals surface area contributed by atoms with Crippen LogP contribution in [0.4, 0.5) is 0 Å². The number of rotatable bonds is 2. The molecule has 0 radical (unpaired) electrons. The van der Waals surface area contributed by atoms with Crippen LogP contribution in [0.15, 0.2) is 42.5 Å². The van der Waals surface area contributed by atoms with E-state index in [1.165, 1.54) is 10.8 Å². The van der Waals surface area contributed by atoms with Gasteiger partial charge in [-0.1, -0.05) is 42.5 Å². The lowest BCUT2D eigenvalue weighted by Gasteiger charge is -2.04. The summed E-state index contributed by atoms with van der Waals surface area (Å²) >= 11 is 0. The largest absolute Gasteiger partial charge is 0.316 e. The van der Waals surface area contributed by atoms with Crippen LogP contribution in [0, 0.1) is 0 Å². The fourth-order valence-electron chi connectivity index (χ4n) is 1.53. The number of hydroxylamine groups is 1. The molecule has 0 saturated heterocycles. The van der Waals surface area contributed by atoms with E-state index >= 15 is 0 Å². The molecule has 0 amide bonds. The van der Waals surface area contributed by atoms with Gasteiger partial charge in [0.05, 0.1) is 0 Å². The summed E-state index contributed by atoms with van der Waals surface area (Å²) in [5.74, 6) is 0. The van der Waals surface area contributed by atoms with E-state index in [4.69, 9.17) is 5.21 Å². The molecule has 2 nitrogen and oxygen atoms in total. The summed E-state index contributed by atoms with van der Waals surface area (Å²) in [5, 5.41) is 11.0. The Kier molecular flexibility index (Phi) is 2.25. The third kappa shape index (κ3) is 1.54. The zero-order chi connectivity index (χ0) is 9.10. The second kappa shape index (κ2) is 3.56. The lowest BCUT2D eigenvalue weighted by molar-refractivity contribution is 0.161. The minimum absolute atomic E-state index is 0.487. The van der Waals surface area contributed by atoms with Crippen molar-refractivity contribution >= 4 is 10.8 Å². The topological polar surface area (TPSA) is 32.3 Å². The molecule has 0 aliphatic rings. The van der Waals surface area contributed by atoms with Gasteiger partial charge in [-0.05, 0) is 16.3 Å². The number of nitrogens with one attached hydrogen (secondary N) is 1. The van der Waals surface area contributed by atoms with Crippen molar-refractivity contribution in [3.05, 3.63) is 48.0 Å². The van der Waals surface area contributed by atoms with Gasteiger partial charge in [-0.3, -0.25) is 0 Å². The van der Waals surface area contributed by atoms with Crippen molar-refractivity contribution in [3.8, 4) is 0 Å². The van der Waals surface area contributed by atoms with Crippen LogP contribution in [0.2, 0.25) is 0 Å². The minimum Gasteiger partial charge on any atom is -0.316 e. The van der Waals surface area contributed by atoms with E-state index in [9.17, 15) is 0 Å². The Morgan fingerprint density at radius 1 is 1.00 bits per heavy atom. The molecule has 0 atom stereocenters. The molecule has 2 aromatic carbocycles. The van der Waals surface area contributed by atoms with Crippen LogP contribution in [-0.4, -0.2) is 5.21 Å². The predicted octanol–water partition coefficient (Wildman–Crippen LogP) is 2.32. The van der Waals surface area contributed by atoms with Gasteiger partial charge < -0.3 is 5.21 Å². The van der Waals surface area contributed by atoms with Gasteiger partial charge in [0.1, 0.15) is 0 Å². The Morgan fingerprint density at radius 3 is 2.62 bits per heavy atom. The summed E-state index contributed by atoms with van der Waals surface area (Å²) in [6.45, 7) is 0.487. The normalized spacial score (nSPS) is 10.5. The van der Waals surface area contributed by atoms with Crippen molar-refractivity contribution in [2.75, 3.05) is 0 Å². The van der Waals surface area contributed by atoms with Crippen LogP contribution in [0.3, 0.4) is 0 Å². The molecule has 0 aliphatic heterocycles. The highest BCUT2D eigenvalue weighted by molar-refractivity contribution is 5.85. The number of fused-ring (bicyclic) bond motifs is 1. The summed E-state index contributed by atoms with van der Waals surface area (Å²) < 4.78 is 0. The van der Waals surface area contributed by atoms with E-state index in [0.717, 1.165) is 5.56 Å². The van der Waals surface area contributed by atoms with Crippen LogP contribution >= 0.6 is 0 Å². The molecule has 0 heterocycles. The smallest absolute Gasteiger partial charge is 0.0464 e. The quantitative estimate of drug-likeness (QED) is 0.683. The predicted molar refractivity (Wildman–Crippen MR) is 52.6 cm³/mol. The molecule has 0 bridgehead atoms. The highest BCUT2D eigenvalue weighted by Gasteiger charge is 1.97. The molecule has 0 aliphatic carbocycles. The maximum absolute atomic E-state index is 8.63. The Labute approximate surface area is 76.8 Å². The van der Waals surface area contributed by atoms with Gasteiger partial charge in [0.15, 0.2) is 0 Å². The molecule has 2 heteroatoms. The molecule has 0 unspecified atom stereocenters. The average Bonchev–Trinajstić information content (AvgIpc) is 2.19. The Hall–Kier alpha value is -1.38. The third-order valence-electron chi connectivity index (χ3n) is 2.15. The monoisotopic (exact) mass is 173 g/mol. The first-order valence-corrected chi connectivity index (χ1v) is 4.25. The zero-order valence-corrected chi connectivity index (χ0v) is 7.20. The van der Waals surface area contributed by atoms with Gasteiger partial charge in [-0.15, -0.1) is 0 Å². The molecule has 13 heavy (non-hydrogen) atoms. The second-order valence-corrected chi connectivity index (χ2v) is 2.97. The third-order valence-corrected chi connectivity index (χ3v) is 2.15. The molecule has 2 aromatic rings. The van der Waals surface area contributed by atoms with Crippen molar-refractivity contribution in [3.63, 3.8) is 0 Å². The molecular formula is C11H11NO. The lowest BCUT2D eigenvalue weighted by Crippen LogP contribution is -2.06. The summed E-state index contributed by atoms with van der Waals surface area (Å²) in [7, 11) is 0. The zero-order valence-electron chi connectivity index (χ0n) is 7.20. The van der Waals surface area contributed by atoms with Crippen LogP contribution in [0.1, 0.15) is 5.56 Å². The van der Waals surface area contributed by atoms with Crippen molar-refractivity contribution in [1.82, 2.24) is 5.48 Å². The van der Waals surface area contributed by atoms with Crippen molar-refractivity contribution in [2.45, 2.75) is 6.54 Å². The molecule has 2 N–H and O–H groups in total. The summed E-state index contributed by atoms with van der Waals surface area (Å²) in [6, 6.07) is 14.2. The lowest BCUT2D eigenvalue weighted by atomic mass is 10.1. The van der Waals surface area contributed by atoms with Crippen molar-refractivity contribution in [1.29, 1.82) is 0 Å². The molecule has 0 fully saturated rings. The Balaban J connectivity index is 2.61. The number of hydrogen-bond donors (Lipinski definition) is 2. The minimum atomic E-state index is 0.487. The SMILES string of the molecule is ONCc1cccc2ccccc12. The summed E-state index contributed by atoms with van der Waals surface area (Å²) in [4.78, 5) is 0. The van der Waals surface area contributed by atoms with E-state index in [-0.39, 0.29) is 0 Å². The van der Waals surface area contributed by atoms with E-state index < -0.39 is 0 Å². The Morgan fingerprint density at radius 2 is 1.77 bits per heavy atom. The second-order valence-electron chi connectivity index (χ2n) is 2.97. The van der Waals surface area contributed by atoms with Crippen molar-refractivity contribution < 1.29 is 5.21 Å². The van der Waals surface area contributed by atoms with Crippen LogP contribution in [0.25, 0.3) is 10.8 Å². The number of hydrogen-bond acceptors (Lipinski definition) is 2. The highest BCUT2D eigenvalue weighted by atomic mass is 16.5. The van der Waals surface area contributed by atoms with E-state index in [1.807, 2.05) is 24.3 Å². The maximum atomic E-state index is 8.63. The van der Waals surface area contributed by atoms with Gasteiger partial charge in [0, 0.05) is 6.54 Å². The first-order valence-electron chi connectivity index (χ1n) is 4.25. The molecular weight excluding hydrogens is 162 g/mol. The van der Waals surface area contributed by atoms with Gasteiger partial charge in [0.25, 0.3) is 0 Å². The summed E-state index contributed by atoms with van der Waals surface area (Å²) in [5.41, 5.74) is 3.29. The van der Waals surface area contributed by atoms with Gasteiger partial charge >= 0.3 is 0 Å². The van der Waals surface area contributed by atoms with Gasteiger partial charge in [0.2, 0.25) is 0 Å². The Bertz CT molecular complexity index is 406. The molecule has 2 rings (SSSR count). The fraction of sp³-hybridized carbons (Fsp3) is 0.0909. The first-order chi connectivity index (χ1) is 6.42. The van der Waals surface area contributed by atoms with E-state index in [0.29, 0.717) is 6.54 Å². The van der Waals surface area contributed by atoms with Crippen LogP contribution in [-0.2, 0) is 6.54 Å². The number of benzene rings is 2. The first kappa shape index (κ1) is 8.23. The maximum Gasteiger partial charge on any atom is 0.0464 e. The van der Waals surface area contributed by atoms with Crippen LogP contribution in [0.5, 0.6) is 0 Å². The van der Waals surface area contributed by atoms with E-state index in [1.54, 1.807) is 0 Å².